The van der Waals surface area contributed by atoms with E-state index >= 15 is 0 Å². The van der Waals surface area contributed by atoms with Crippen LogP contribution in [0.2, 0.25) is 0 Å². The van der Waals surface area contributed by atoms with Crippen LogP contribution in [0, 0.1) is 11.3 Å². The van der Waals surface area contributed by atoms with E-state index < -0.39 is 0 Å². The Hall–Kier alpha value is -0.880. The molecule has 0 saturated heterocycles. The van der Waals surface area contributed by atoms with Gasteiger partial charge in [0.2, 0.25) is 0 Å². The maximum Gasteiger partial charge on any atom is 0.120 e. The molecule has 0 radical (unpaired) electrons. The van der Waals surface area contributed by atoms with Gasteiger partial charge >= 0.3 is 0 Å². The van der Waals surface area contributed by atoms with Gasteiger partial charge in [0, 0.05) is 7.05 Å². The van der Waals surface area contributed by atoms with Crippen molar-refractivity contribution in [3.05, 3.63) is 17.8 Å². The summed E-state index contributed by atoms with van der Waals surface area (Å²) in [5, 5.41) is 9.67. The minimum atomic E-state index is 0.712. The number of nitriles is 1. The van der Waals surface area contributed by atoms with E-state index in [-0.39, 0.29) is 0 Å². The number of hydrogen-bond acceptors (Lipinski definition) is 2. The first kappa shape index (κ1) is 7.23. The van der Waals surface area contributed by atoms with Crippen LogP contribution in [0.25, 0.3) is 0 Å². The molecule has 0 aliphatic rings. The van der Waals surface area contributed by atoms with E-state index in [9.17, 15) is 0 Å². The van der Waals surface area contributed by atoms with Gasteiger partial charge in [0.15, 0.2) is 0 Å². The molecule has 0 aromatic carbocycles. The van der Waals surface area contributed by atoms with E-state index in [4.69, 9.17) is 5.26 Å². The Morgan fingerprint density at radius 2 is 2.30 bits per heavy atom. The summed E-state index contributed by atoms with van der Waals surface area (Å²) in [7, 11) is 1.89. The molecule has 3 heteroatoms. The van der Waals surface area contributed by atoms with Crippen LogP contribution in [-0.2, 0) is 7.05 Å². The van der Waals surface area contributed by atoms with Crippen LogP contribution >= 0.6 is 11.8 Å². The number of hydrogen-bond donors (Lipinski definition) is 0. The lowest BCUT2D eigenvalue weighted by Gasteiger charge is -1.97. The second-order valence-corrected chi connectivity index (χ2v) is 2.76. The van der Waals surface area contributed by atoms with Crippen molar-refractivity contribution < 1.29 is 0 Å². The van der Waals surface area contributed by atoms with Crippen molar-refractivity contribution in [1.82, 2.24) is 4.57 Å². The minimum absolute atomic E-state index is 0.712. The minimum Gasteiger partial charge on any atom is -0.331 e. The van der Waals surface area contributed by atoms with E-state index in [0.29, 0.717) is 5.69 Å². The molecule has 0 unspecified atom stereocenters. The summed E-state index contributed by atoms with van der Waals surface area (Å²) >= 11 is 1.64. The molecule has 0 spiro atoms. The monoisotopic (exact) mass is 152 g/mol. The first-order valence-corrected chi connectivity index (χ1v) is 4.12. The SMILES string of the molecule is CSc1ccc(C#N)n1C. The van der Waals surface area contributed by atoms with Gasteiger partial charge in [0.05, 0.1) is 5.03 Å². The molecule has 1 aromatic rings. The molecule has 0 N–H and O–H groups in total. The summed E-state index contributed by atoms with van der Waals surface area (Å²) in [4.78, 5) is 0. The second-order valence-electron chi connectivity index (χ2n) is 1.93. The second kappa shape index (κ2) is 2.80. The van der Waals surface area contributed by atoms with E-state index in [0.717, 1.165) is 5.03 Å². The maximum atomic E-state index is 8.55. The highest BCUT2D eigenvalue weighted by molar-refractivity contribution is 7.98. The van der Waals surface area contributed by atoms with E-state index in [1.165, 1.54) is 0 Å². The quantitative estimate of drug-likeness (QED) is 0.572. The zero-order valence-electron chi connectivity index (χ0n) is 5.96. The summed E-state index contributed by atoms with van der Waals surface area (Å²) in [6.45, 7) is 0. The molecule has 0 aliphatic carbocycles. The van der Waals surface area contributed by atoms with Crippen LogP contribution in [-0.4, -0.2) is 10.8 Å². The molecule has 0 amide bonds. The van der Waals surface area contributed by atoms with Crippen LogP contribution in [0.5, 0.6) is 0 Å². The van der Waals surface area contributed by atoms with E-state index in [1.807, 2.05) is 30.0 Å². The third-order valence-corrected chi connectivity index (χ3v) is 2.23. The molecule has 1 heterocycles. The highest BCUT2D eigenvalue weighted by Crippen LogP contribution is 2.16. The summed E-state index contributed by atoms with van der Waals surface area (Å²) < 4.78 is 1.88. The highest BCUT2D eigenvalue weighted by Gasteiger charge is 2.00. The summed E-state index contributed by atoms with van der Waals surface area (Å²) in [5.41, 5.74) is 0.712. The number of aromatic nitrogens is 1. The van der Waals surface area contributed by atoms with Crippen LogP contribution in [0.3, 0.4) is 0 Å². The van der Waals surface area contributed by atoms with E-state index in [2.05, 4.69) is 6.07 Å². The van der Waals surface area contributed by atoms with Crippen molar-refractivity contribution >= 4 is 11.8 Å². The number of rotatable bonds is 1. The number of thioether (sulfide) groups is 1. The third-order valence-electron chi connectivity index (χ3n) is 1.40. The molecule has 0 saturated carbocycles. The Morgan fingerprint density at radius 3 is 2.60 bits per heavy atom. The lowest BCUT2D eigenvalue weighted by Crippen LogP contribution is -1.91. The molecule has 0 atom stereocenters. The molecule has 0 bridgehead atoms. The van der Waals surface area contributed by atoms with Crippen molar-refractivity contribution in [2.45, 2.75) is 5.03 Å². The molecular weight excluding hydrogens is 144 g/mol. The molecule has 2 nitrogen and oxygen atoms in total. The maximum absolute atomic E-state index is 8.55. The van der Waals surface area contributed by atoms with Gasteiger partial charge in [0.1, 0.15) is 11.8 Å². The standard InChI is InChI=1S/C7H8N2S/c1-9-6(5-8)3-4-7(9)10-2/h3-4H,1-2H3. The fourth-order valence-electron chi connectivity index (χ4n) is 0.810. The van der Waals surface area contributed by atoms with Gasteiger partial charge in [-0.25, -0.2) is 0 Å². The Bertz CT molecular complexity index is 270. The predicted molar refractivity (Wildman–Crippen MR) is 41.9 cm³/mol. The summed E-state index contributed by atoms with van der Waals surface area (Å²) in [6, 6.07) is 5.87. The molecule has 10 heavy (non-hydrogen) atoms. The van der Waals surface area contributed by atoms with Gasteiger partial charge in [-0.1, -0.05) is 0 Å². The van der Waals surface area contributed by atoms with Crippen LogP contribution in [0.1, 0.15) is 5.69 Å². The highest BCUT2D eigenvalue weighted by atomic mass is 32.2. The Morgan fingerprint density at radius 1 is 1.60 bits per heavy atom. The molecule has 52 valence electrons. The van der Waals surface area contributed by atoms with Crippen LogP contribution in [0.4, 0.5) is 0 Å². The molecular formula is C7H8N2S. The first-order chi connectivity index (χ1) is 4.79. The Kier molecular flexibility index (Phi) is 2.03. The normalized spacial score (nSPS) is 9.30. The lowest BCUT2D eigenvalue weighted by atomic mass is 10.5. The fourth-order valence-corrected chi connectivity index (χ4v) is 1.39. The zero-order valence-corrected chi connectivity index (χ0v) is 6.77. The van der Waals surface area contributed by atoms with Gasteiger partial charge in [0.25, 0.3) is 0 Å². The summed E-state index contributed by atoms with van der Waals surface area (Å²) in [5.74, 6) is 0. The van der Waals surface area contributed by atoms with Crippen molar-refractivity contribution in [1.29, 1.82) is 5.26 Å². The van der Waals surface area contributed by atoms with Gasteiger partial charge in [-0.2, -0.15) is 5.26 Å². The van der Waals surface area contributed by atoms with Gasteiger partial charge in [-0.3, -0.25) is 0 Å². The van der Waals surface area contributed by atoms with Crippen LogP contribution in [0.15, 0.2) is 17.2 Å². The molecule has 0 aliphatic heterocycles. The molecule has 1 aromatic heterocycles. The Labute approximate surface area is 64.5 Å². The smallest absolute Gasteiger partial charge is 0.120 e. The molecule has 1 rings (SSSR count). The largest absolute Gasteiger partial charge is 0.331 e. The lowest BCUT2D eigenvalue weighted by molar-refractivity contribution is 0.816. The third kappa shape index (κ3) is 1.03. The average Bonchev–Trinajstić information content (AvgIpc) is 2.30. The van der Waals surface area contributed by atoms with Crippen molar-refractivity contribution in [2.24, 2.45) is 7.05 Å². The molecule has 0 fully saturated rings. The topological polar surface area (TPSA) is 28.7 Å². The average molecular weight is 152 g/mol. The predicted octanol–water partition coefficient (Wildman–Crippen LogP) is 1.62. The van der Waals surface area contributed by atoms with Crippen molar-refractivity contribution in [3.8, 4) is 6.07 Å². The van der Waals surface area contributed by atoms with Crippen molar-refractivity contribution in [3.63, 3.8) is 0 Å². The van der Waals surface area contributed by atoms with Gasteiger partial charge in [-0.05, 0) is 18.4 Å². The Balaban J connectivity index is 3.12. The van der Waals surface area contributed by atoms with Crippen molar-refractivity contribution in [2.75, 3.05) is 6.26 Å². The summed E-state index contributed by atoms with van der Waals surface area (Å²) in [6.07, 6.45) is 2.00. The fraction of sp³-hybridized carbons (Fsp3) is 0.286. The van der Waals surface area contributed by atoms with Gasteiger partial charge < -0.3 is 4.57 Å². The number of nitrogens with zero attached hydrogens (tertiary/aromatic N) is 2. The zero-order chi connectivity index (χ0) is 7.56. The van der Waals surface area contributed by atoms with Crippen LogP contribution < -0.4 is 0 Å². The van der Waals surface area contributed by atoms with E-state index in [1.54, 1.807) is 11.8 Å². The first-order valence-electron chi connectivity index (χ1n) is 2.89. The van der Waals surface area contributed by atoms with Gasteiger partial charge in [-0.15, -0.1) is 11.8 Å².